The van der Waals surface area contributed by atoms with Crippen LogP contribution in [0.1, 0.15) is 42.5 Å². The summed E-state index contributed by atoms with van der Waals surface area (Å²) in [6.07, 6.45) is 4.04. The predicted octanol–water partition coefficient (Wildman–Crippen LogP) is 3.20. The zero-order valence-electron chi connectivity index (χ0n) is 22.4. The number of aliphatic hydroxyl groups is 1. The minimum atomic E-state index is -0.828. The van der Waals surface area contributed by atoms with Crippen LogP contribution in [-0.2, 0) is 21.4 Å². The number of nitriles is 1. The largest absolute Gasteiger partial charge is 0.393 e. The Morgan fingerprint density at radius 2 is 1.66 bits per heavy atom. The molecule has 3 aromatic carbocycles. The molecule has 1 heterocycles. The summed E-state index contributed by atoms with van der Waals surface area (Å²) >= 11 is 0. The molecule has 4 aromatic rings. The smallest absolute Gasteiger partial charge is 0.243 e. The fourth-order valence-corrected chi connectivity index (χ4v) is 5.31. The SMILES string of the molecule is N#Cc1ccc(-c2ccc(-n3cc(C[C@H](NC(=O)C4(c5ccccc5)CC4)C(=O)NC4CC(O)C4)nn3)cc2)cc1. The van der Waals surface area contributed by atoms with E-state index in [4.69, 9.17) is 5.26 Å². The van der Waals surface area contributed by atoms with Crippen LogP contribution >= 0.6 is 0 Å². The highest BCUT2D eigenvalue weighted by Gasteiger charge is 2.52. The van der Waals surface area contributed by atoms with Gasteiger partial charge in [-0.25, -0.2) is 4.68 Å². The summed E-state index contributed by atoms with van der Waals surface area (Å²) in [6.45, 7) is 0. The first-order valence-electron chi connectivity index (χ1n) is 13.8. The Bertz CT molecular complexity index is 1580. The standard InChI is InChI=1S/C32H30N6O3/c33-19-21-6-8-22(9-7-21)23-10-12-27(13-11-23)38-20-26(36-37-38)18-29(30(40)34-25-16-28(39)17-25)35-31(41)32(14-15-32)24-4-2-1-3-5-24/h1-13,20,25,28-29,39H,14-18H2,(H,34,40)(H,35,41)/t25?,28?,29-/m0/s1. The molecule has 1 atom stereocenters. The van der Waals surface area contributed by atoms with Gasteiger partial charge in [-0.15, -0.1) is 5.10 Å². The van der Waals surface area contributed by atoms with Crippen molar-refractivity contribution in [2.24, 2.45) is 0 Å². The number of amides is 2. The molecule has 0 spiro atoms. The van der Waals surface area contributed by atoms with E-state index in [2.05, 4.69) is 27.0 Å². The lowest BCUT2D eigenvalue weighted by Gasteiger charge is -2.33. The van der Waals surface area contributed by atoms with Gasteiger partial charge in [0.15, 0.2) is 0 Å². The summed E-state index contributed by atoms with van der Waals surface area (Å²) in [6, 6.07) is 26.1. The second kappa shape index (κ2) is 11.0. The Labute approximate surface area is 237 Å². The Morgan fingerprint density at radius 3 is 2.27 bits per heavy atom. The van der Waals surface area contributed by atoms with Crippen molar-refractivity contribution in [3.05, 3.63) is 102 Å². The van der Waals surface area contributed by atoms with E-state index in [0.717, 1.165) is 35.2 Å². The number of benzene rings is 3. The van der Waals surface area contributed by atoms with Crippen molar-refractivity contribution < 1.29 is 14.7 Å². The van der Waals surface area contributed by atoms with Gasteiger partial charge in [0.2, 0.25) is 11.8 Å². The number of hydrogen-bond acceptors (Lipinski definition) is 6. The molecule has 0 saturated heterocycles. The van der Waals surface area contributed by atoms with Crippen LogP contribution in [0.2, 0.25) is 0 Å². The van der Waals surface area contributed by atoms with E-state index in [9.17, 15) is 14.7 Å². The van der Waals surface area contributed by atoms with Crippen LogP contribution in [0.25, 0.3) is 16.8 Å². The third-order valence-corrected chi connectivity index (χ3v) is 8.03. The molecule has 6 rings (SSSR count). The van der Waals surface area contributed by atoms with Crippen LogP contribution < -0.4 is 10.6 Å². The highest BCUT2D eigenvalue weighted by atomic mass is 16.3. The molecule has 0 radical (unpaired) electrons. The first kappa shape index (κ1) is 26.4. The molecule has 2 saturated carbocycles. The van der Waals surface area contributed by atoms with Crippen LogP contribution in [-0.4, -0.2) is 50.1 Å². The molecule has 9 heteroatoms. The summed E-state index contributed by atoms with van der Waals surface area (Å²) in [5.41, 5.74) is 4.33. The molecule has 2 fully saturated rings. The summed E-state index contributed by atoms with van der Waals surface area (Å²) in [5.74, 6) is -0.455. The topological polar surface area (TPSA) is 133 Å². The van der Waals surface area contributed by atoms with Crippen molar-refractivity contribution in [1.29, 1.82) is 5.26 Å². The molecule has 1 aromatic heterocycles. The molecule has 0 aliphatic heterocycles. The number of aromatic nitrogens is 3. The van der Waals surface area contributed by atoms with Gasteiger partial charge in [0.1, 0.15) is 6.04 Å². The van der Waals surface area contributed by atoms with Gasteiger partial charge in [0.25, 0.3) is 0 Å². The molecule has 0 bridgehead atoms. The van der Waals surface area contributed by atoms with Gasteiger partial charge >= 0.3 is 0 Å². The number of aliphatic hydroxyl groups excluding tert-OH is 1. The van der Waals surface area contributed by atoms with Gasteiger partial charge in [0.05, 0.1) is 40.7 Å². The second-order valence-corrected chi connectivity index (χ2v) is 10.9. The van der Waals surface area contributed by atoms with Gasteiger partial charge in [-0.3, -0.25) is 9.59 Å². The Hall–Kier alpha value is -4.81. The maximum atomic E-state index is 13.5. The quantitative estimate of drug-likeness (QED) is 0.295. The first-order chi connectivity index (χ1) is 19.9. The zero-order valence-corrected chi connectivity index (χ0v) is 22.4. The van der Waals surface area contributed by atoms with Crippen LogP contribution in [0.15, 0.2) is 85.1 Å². The van der Waals surface area contributed by atoms with Crippen molar-refractivity contribution in [3.63, 3.8) is 0 Å². The number of carbonyl (C=O) groups excluding carboxylic acids is 2. The molecule has 9 nitrogen and oxygen atoms in total. The van der Waals surface area contributed by atoms with Crippen molar-refractivity contribution in [2.75, 3.05) is 0 Å². The third-order valence-electron chi connectivity index (χ3n) is 8.03. The molecule has 41 heavy (non-hydrogen) atoms. The van der Waals surface area contributed by atoms with Crippen molar-refractivity contribution in [1.82, 2.24) is 25.6 Å². The fraction of sp³-hybridized carbons (Fsp3) is 0.281. The lowest BCUT2D eigenvalue weighted by molar-refractivity contribution is -0.131. The minimum absolute atomic E-state index is 0.105. The lowest BCUT2D eigenvalue weighted by atomic mass is 9.89. The Morgan fingerprint density at radius 1 is 1.00 bits per heavy atom. The Kier molecular flexibility index (Phi) is 7.08. The van der Waals surface area contributed by atoms with Gasteiger partial charge in [-0.05, 0) is 66.6 Å². The van der Waals surface area contributed by atoms with Crippen molar-refractivity contribution >= 4 is 11.8 Å². The molecular weight excluding hydrogens is 516 g/mol. The summed E-state index contributed by atoms with van der Waals surface area (Å²) in [7, 11) is 0. The zero-order chi connectivity index (χ0) is 28.4. The van der Waals surface area contributed by atoms with Crippen LogP contribution in [0.3, 0.4) is 0 Å². The van der Waals surface area contributed by atoms with E-state index < -0.39 is 17.6 Å². The summed E-state index contributed by atoms with van der Waals surface area (Å²) < 4.78 is 1.64. The summed E-state index contributed by atoms with van der Waals surface area (Å²) in [4.78, 5) is 26.8. The van der Waals surface area contributed by atoms with E-state index in [1.54, 1.807) is 23.0 Å². The average molecular weight is 547 g/mol. The molecule has 3 N–H and O–H groups in total. The summed E-state index contributed by atoms with van der Waals surface area (Å²) in [5, 5.41) is 33.2. The molecule has 2 amide bonds. The third kappa shape index (κ3) is 5.60. The van der Waals surface area contributed by atoms with Gasteiger partial charge < -0.3 is 15.7 Å². The van der Waals surface area contributed by atoms with E-state index >= 15 is 0 Å². The van der Waals surface area contributed by atoms with Crippen LogP contribution in [0.4, 0.5) is 0 Å². The number of hydrogen-bond donors (Lipinski definition) is 3. The van der Waals surface area contributed by atoms with E-state index in [-0.39, 0.29) is 24.3 Å². The number of nitrogens with zero attached hydrogens (tertiary/aromatic N) is 4. The van der Waals surface area contributed by atoms with Crippen LogP contribution in [0, 0.1) is 11.3 Å². The monoisotopic (exact) mass is 546 g/mol. The maximum Gasteiger partial charge on any atom is 0.243 e. The molecule has 206 valence electrons. The van der Waals surface area contributed by atoms with Crippen molar-refractivity contribution in [3.8, 4) is 22.9 Å². The predicted molar refractivity (Wildman–Crippen MR) is 152 cm³/mol. The fourth-order valence-electron chi connectivity index (χ4n) is 5.31. The highest BCUT2D eigenvalue weighted by Crippen LogP contribution is 2.48. The highest BCUT2D eigenvalue weighted by molar-refractivity contribution is 5.95. The number of nitrogens with one attached hydrogen (secondary N) is 2. The van der Waals surface area contributed by atoms with E-state index in [1.165, 1.54) is 0 Å². The maximum absolute atomic E-state index is 13.5. The molecule has 2 aliphatic carbocycles. The van der Waals surface area contributed by atoms with Crippen LogP contribution in [0.5, 0.6) is 0 Å². The minimum Gasteiger partial charge on any atom is -0.393 e. The van der Waals surface area contributed by atoms with Gasteiger partial charge in [0, 0.05) is 12.5 Å². The van der Waals surface area contributed by atoms with Gasteiger partial charge in [-0.2, -0.15) is 5.26 Å². The average Bonchev–Trinajstić information content (AvgIpc) is 3.68. The molecule has 2 aliphatic rings. The Balaban J connectivity index is 1.17. The molecule has 0 unspecified atom stereocenters. The van der Waals surface area contributed by atoms with Crippen molar-refractivity contribution in [2.45, 2.75) is 55.7 Å². The normalized spacial score (nSPS) is 19.3. The van der Waals surface area contributed by atoms with E-state index in [0.29, 0.717) is 24.1 Å². The number of rotatable bonds is 9. The first-order valence-corrected chi connectivity index (χ1v) is 13.8. The lowest BCUT2D eigenvalue weighted by Crippen LogP contribution is -2.55. The van der Waals surface area contributed by atoms with Gasteiger partial charge in [-0.1, -0.05) is 59.8 Å². The number of carbonyl (C=O) groups is 2. The second-order valence-electron chi connectivity index (χ2n) is 10.9. The van der Waals surface area contributed by atoms with E-state index in [1.807, 2.05) is 66.7 Å². The molecular formula is C32H30N6O3.